The van der Waals surface area contributed by atoms with Gasteiger partial charge < -0.3 is 10.1 Å². The molecule has 1 aliphatic rings. The number of aromatic nitrogens is 2. The summed E-state index contributed by atoms with van der Waals surface area (Å²) >= 11 is 5.22. The van der Waals surface area contributed by atoms with Crippen LogP contribution in [0.4, 0.5) is 0 Å². The number of carbonyl (C=O) groups is 1. The van der Waals surface area contributed by atoms with Crippen LogP contribution in [0.5, 0.6) is 5.75 Å². The van der Waals surface area contributed by atoms with E-state index in [1.807, 2.05) is 0 Å². The van der Waals surface area contributed by atoms with Crippen molar-refractivity contribution in [3.05, 3.63) is 18.2 Å². The van der Waals surface area contributed by atoms with E-state index < -0.39 is 5.24 Å². The third-order valence-corrected chi connectivity index (χ3v) is 2.59. The molecule has 0 bridgehead atoms. The Balaban J connectivity index is 1.87. The molecule has 86 valence electrons. The normalized spacial score (nSPS) is 19.7. The molecule has 1 fully saturated rings. The van der Waals surface area contributed by atoms with Gasteiger partial charge in [-0.05, 0) is 31.0 Å². The Hall–Kier alpha value is -1.20. The Morgan fingerprint density at radius 3 is 2.88 bits per heavy atom. The van der Waals surface area contributed by atoms with E-state index in [-0.39, 0.29) is 5.82 Å². The predicted octanol–water partition coefficient (Wildman–Crippen LogP) is 0.986. The highest BCUT2D eigenvalue weighted by Crippen LogP contribution is 2.10. The molecule has 1 N–H and O–H groups in total. The van der Waals surface area contributed by atoms with Gasteiger partial charge in [0.1, 0.15) is 6.61 Å². The number of ether oxygens (including phenoxy) is 1. The number of rotatable bonds is 4. The molecule has 1 aromatic rings. The van der Waals surface area contributed by atoms with E-state index in [2.05, 4.69) is 15.3 Å². The summed E-state index contributed by atoms with van der Waals surface area (Å²) in [6.07, 6.45) is 5.22. The van der Waals surface area contributed by atoms with Gasteiger partial charge in [-0.25, -0.2) is 9.97 Å². The summed E-state index contributed by atoms with van der Waals surface area (Å²) in [5.41, 5.74) is 0. The van der Waals surface area contributed by atoms with Crippen LogP contribution < -0.4 is 10.1 Å². The number of hydrogen-bond acceptors (Lipinski definition) is 5. The smallest absolute Gasteiger partial charge is 0.289 e. The van der Waals surface area contributed by atoms with Crippen LogP contribution in [0, 0.1) is 0 Å². The van der Waals surface area contributed by atoms with Crippen LogP contribution in [0.15, 0.2) is 12.4 Å². The van der Waals surface area contributed by atoms with Crippen LogP contribution >= 0.6 is 11.6 Å². The Bertz CT molecular complexity index is 363. The summed E-state index contributed by atoms with van der Waals surface area (Å²) in [7, 11) is 0. The minimum absolute atomic E-state index is 0.00647. The summed E-state index contributed by atoms with van der Waals surface area (Å²) in [5.74, 6) is 0.545. The lowest BCUT2D eigenvalue weighted by Crippen LogP contribution is -2.28. The van der Waals surface area contributed by atoms with Crippen molar-refractivity contribution < 1.29 is 9.53 Å². The zero-order valence-corrected chi connectivity index (χ0v) is 9.41. The maximum Gasteiger partial charge on any atom is 0.289 e. The largest absolute Gasteiger partial charge is 0.489 e. The molecule has 1 aromatic heterocycles. The minimum atomic E-state index is -0.663. The molecule has 0 amide bonds. The third kappa shape index (κ3) is 2.90. The Morgan fingerprint density at radius 1 is 1.56 bits per heavy atom. The average molecular weight is 242 g/mol. The summed E-state index contributed by atoms with van der Waals surface area (Å²) in [4.78, 5) is 18.3. The fraction of sp³-hybridized carbons (Fsp3) is 0.500. The fourth-order valence-corrected chi connectivity index (χ4v) is 1.69. The van der Waals surface area contributed by atoms with Gasteiger partial charge in [0.2, 0.25) is 5.82 Å². The lowest BCUT2D eigenvalue weighted by atomic mass is 10.2. The predicted molar refractivity (Wildman–Crippen MR) is 58.7 cm³/mol. The Labute approximate surface area is 98.2 Å². The van der Waals surface area contributed by atoms with Gasteiger partial charge >= 0.3 is 0 Å². The molecule has 2 rings (SSSR count). The standard InChI is InChI=1S/C10H12ClN3O2/c11-9(15)10-13-4-8(5-14-10)16-6-7-2-1-3-12-7/h4-5,7,12H,1-3,6H2. The molecule has 1 atom stereocenters. The van der Waals surface area contributed by atoms with Crippen molar-refractivity contribution in [3.8, 4) is 5.75 Å². The lowest BCUT2D eigenvalue weighted by molar-refractivity contribution is 0.107. The van der Waals surface area contributed by atoms with Gasteiger partial charge in [0.25, 0.3) is 5.24 Å². The molecule has 1 aliphatic heterocycles. The highest BCUT2D eigenvalue weighted by atomic mass is 35.5. The number of nitrogens with one attached hydrogen (secondary N) is 1. The molecule has 0 radical (unpaired) electrons. The first-order valence-corrected chi connectivity index (χ1v) is 5.51. The second-order valence-corrected chi connectivity index (χ2v) is 3.96. The van der Waals surface area contributed by atoms with Crippen molar-refractivity contribution in [2.45, 2.75) is 18.9 Å². The molecule has 16 heavy (non-hydrogen) atoms. The van der Waals surface area contributed by atoms with Crippen LogP contribution in [0.3, 0.4) is 0 Å². The van der Waals surface area contributed by atoms with E-state index in [1.54, 1.807) is 0 Å². The van der Waals surface area contributed by atoms with Crippen molar-refractivity contribution in [2.24, 2.45) is 0 Å². The molecule has 1 unspecified atom stereocenters. The first-order chi connectivity index (χ1) is 7.75. The zero-order valence-electron chi connectivity index (χ0n) is 8.65. The molecule has 2 heterocycles. The summed E-state index contributed by atoms with van der Waals surface area (Å²) < 4.78 is 5.48. The minimum Gasteiger partial charge on any atom is -0.489 e. The van der Waals surface area contributed by atoms with E-state index in [0.717, 1.165) is 13.0 Å². The van der Waals surface area contributed by atoms with Crippen LogP contribution in [-0.4, -0.2) is 34.4 Å². The maximum atomic E-state index is 10.7. The zero-order chi connectivity index (χ0) is 11.4. The number of nitrogens with zero attached hydrogens (tertiary/aromatic N) is 2. The second-order valence-electron chi connectivity index (χ2n) is 3.62. The molecular formula is C10H12ClN3O2. The highest BCUT2D eigenvalue weighted by molar-refractivity contribution is 6.67. The van der Waals surface area contributed by atoms with E-state index in [0.29, 0.717) is 18.4 Å². The third-order valence-electron chi connectivity index (χ3n) is 2.42. The number of halogens is 1. The molecule has 1 saturated heterocycles. The number of carbonyl (C=O) groups excluding carboxylic acids is 1. The quantitative estimate of drug-likeness (QED) is 0.797. The highest BCUT2D eigenvalue weighted by Gasteiger charge is 2.14. The second kappa shape index (κ2) is 5.23. The Morgan fingerprint density at radius 2 is 2.31 bits per heavy atom. The topological polar surface area (TPSA) is 64.1 Å². The van der Waals surface area contributed by atoms with Crippen LogP contribution in [0.1, 0.15) is 23.5 Å². The van der Waals surface area contributed by atoms with Crippen molar-refractivity contribution >= 4 is 16.8 Å². The van der Waals surface area contributed by atoms with E-state index in [4.69, 9.17) is 16.3 Å². The SMILES string of the molecule is O=C(Cl)c1ncc(OCC2CCCN2)cn1. The molecule has 5 nitrogen and oxygen atoms in total. The Kier molecular flexibility index (Phi) is 3.69. The van der Waals surface area contributed by atoms with Crippen molar-refractivity contribution in [1.29, 1.82) is 0 Å². The lowest BCUT2D eigenvalue weighted by Gasteiger charge is -2.11. The van der Waals surface area contributed by atoms with Gasteiger partial charge in [0.15, 0.2) is 5.75 Å². The van der Waals surface area contributed by atoms with E-state index in [1.165, 1.54) is 18.8 Å². The van der Waals surface area contributed by atoms with Crippen LogP contribution in [0.25, 0.3) is 0 Å². The van der Waals surface area contributed by atoms with Gasteiger partial charge in [-0.15, -0.1) is 0 Å². The first-order valence-electron chi connectivity index (χ1n) is 5.14. The van der Waals surface area contributed by atoms with Crippen molar-refractivity contribution in [1.82, 2.24) is 15.3 Å². The molecular weight excluding hydrogens is 230 g/mol. The first kappa shape index (κ1) is 11.3. The average Bonchev–Trinajstić information content (AvgIpc) is 2.80. The summed E-state index contributed by atoms with van der Waals surface area (Å²) in [6, 6.07) is 0.398. The molecule has 0 spiro atoms. The monoisotopic (exact) mass is 241 g/mol. The van der Waals surface area contributed by atoms with E-state index >= 15 is 0 Å². The van der Waals surface area contributed by atoms with Gasteiger partial charge in [-0.1, -0.05) is 0 Å². The summed E-state index contributed by atoms with van der Waals surface area (Å²) in [6.45, 7) is 1.64. The molecule has 6 heteroatoms. The number of hydrogen-bond donors (Lipinski definition) is 1. The van der Waals surface area contributed by atoms with Crippen molar-refractivity contribution in [2.75, 3.05) is 13.2 Å². The van der Waals surface area contributed by atoms with Crippen LogP contribution in [0.2, 0.25) is 0 Å². The van der Waals surface area contributed by atoms with Gasteiger partial charge in [-0.2, -0.15) is 0 Å². The molecule has 0 saturated carbocycles. The van der Waals surface area contributed by atoms with Gasteiger partial charge in [-0.3, -0.25) is 4.79 Å². The van der Waals surface area contributed by atoms with Gasteiger partial charge in [0.05, 0.1) is 12.4 Å². The maximum absolute atomic E-state index is 10.7. The summed E-state index contributed by atoms with van der Waals surface area (Å²) in [5, 5.41) is 2.65. The molecule has 0 aromatic carbocycles. The van der Waals surface area contributed by atoms with Crippen molar-refractivity contribution in [3.63, 3.8) is 0 Å². The fourth-order valence-electron chi connectivity index (χ4n) is 1.59. The van der Waals surface area contributed by atoms with Crippen LogP contribution in [-0.2, 0) is 0 Å². The molecule has 0 aliphatic carbocycles. The van der Waals surface area contributed by atoms with E-state index in [9.17, 15) is 4.79 Å². The van der Waals surface area contributed by atoms with Gasteiger partial charge in [0, 0.05) is 6.04 Å².